The van der Waals surface area contributed by atoms with Gasteiger partial charge in [-0.25, -0.2) is 4.79 Å². The van der Waals surface area contributed by atoms with Crippen LogP contribution < -0.4 is 0 Å². The summed E-state index contributed by atoms with van der Waals surface area (Å²) in [4.78, 5) is 14.1. The summed E-state index contributed by atoms with van der Waals surface area (Å²) in [6, 6.07) is 9.33. The highest BCUT2D eigenvalue weighted by Crippen LogP contribution is 2.23. The molecule has 130 valence electrons. The first kappa shape index (κ1) is 18.3. The molecule has 5 nitrogen and oxygen atoms in total. The fourth-order valence-corrected chi connectivity index (χ4v) is 4.24. The summed E-state index contributed by atoms with van der Waals surface area (Å²) in [5.41, 5.74) is 4.94. The minimum absolute atomic E-state index is 0.238. The molecular formula is C18H26N2O3Si. The Labute approximate surface area is 144 Å². The Morgan fingerprint density at radius 3 is 2.62 bits per heavy atom. The number of carbonyl (C=O) groups is 1. The summed E-state index contributed by atoms with van der Waals surface area (Å²) in [5, 5.41) is 12.7. The molecule has 1 aromatic rings. The average molecular weight is 347 g/mol. The maximum absolute atomic E-state index is 12.5. The minimum atomic E-state index is -1.42. The number of benzene rings is 1. The van der Waals surface area contributed by atoms with Crippen molar-refractivity contribution < 1.29 is 14.7 Å². The molecule has 6 heteroatoms. The van der Waals surface area contributed by atoms with Crippen molar-refractivity contribution in [1.82, 2.24) is 4.90 Å². The molecule has 2 rings (SSSR count). The molecule has 24 heavy (non-hydrogen) atoms. The van der Waals surface area contributed by atoms with Crippen LogP contribution in [0.1, 0.15) is 18.9 Å². The molecule has 0 bridgehead atoms. The van der Waals surface area contributed by atoms with E-state index in [1.54, 1.807) is 4.90 Å². The molecule has 1 aliphatic heterocycles. The van der Waals surface area contributed by atoms with Crippen LogP contribution in [0.3, 0.4) is 0 Å². The van der Waals surface area contributed by atoms with Gasteiger partial charge in [0.15, 0.2) is 0 Å². The molecule has 1 fully saturated rings. The van der Waals surface area contributed by atoms with Gasteiger partial charge >= 0.3 is 6.09 Å². The van der Waals surface area contributed by atoms with Crippen LogP contribution in [0.15, 0.2) is 46.8 Å². The number of likely N-dealkylation sites (tertiary alicyclic amines) is 1. The second-order valence-corrected chi connectivity index (χ2v) is 12.3. The number of nitrogens with zero attached hydrogens (tertiary/aromatic N) is 2. The summed E-state index contributed by atoms with van der Waals surface area (Å²) in [5.74, 6) is 0. The Morgan fingerprint density at radius 1 is 1.38 bits per heavy atom. The standard InChI is InChI=1S/C18H26N2O3Si/c1-14-17(19-22)10-16(13-24(2,3)4)11-20(14)18(21)23-12-15-8-6-5-7-9-15/h5-9,13-14,22H,10-12H2,1-4H3/b16-13+,19-17-. The lowest BCUT2D eigenvalue weighted by molar-refractivity contribution is 0.0926. The van der Waals surface area contributed by atoms with E-state index in [1.165, 1.54) is 0 Å². The van der Waals surface area contributed by atoms with E-state index in [0.717, 1.165) is 11.1 Å². The van der Waals surface area contributed by atoms with Crippen LogP contribution in [0.25, 0.3) is 0 Å². The second kappa shape index (κ2) is 7.66. The van der Waals surface area contributed by atoms with Gasteiger partial charge in [-0.2, -0.15) is 0 Å². The molecule has 0 spiro atoms. The van der Waals surface area contributed by atoms with Gasteiger partial charge in [-0.15, -0.1) is 0 Å². The molecule has 1 N–H and O–H groups in total. The van der Waals surface area contributed by atoms with E-state index < -0.39 is 8.07 Å². The Bertz CT molecular complexity index is 635. The number of hydrogen-bond acceptors (Lipinski definition) is 4. The van der Waals surface area contributed by atoms with Crippen molar-refractivity contribution in [3.8, 4) is 0 Å². The van der Waals surface area contributed by atoms with E-state index in [9.17, 15) is 10.0 Å². The summed E-state index contributed by atoms with van der Waals surface area (Å²) < 4.78 is 5.44. The molecule has 0 aliphatic carbocycles. The van der Waals surface area contributed by atoms with Crippen molar-refractivity contribution in [1.29, 1.82) is 0 Å². The first-order valence-corrected chi connectivity index (χ1v) is 11.8. The largest absolute Gasteiger partial charge is 0.445 e. The van der Waals surface area contributed by atoms with E-state index >= 15 is 0 Å². The van der Waals surface area contributed by atoms with Gasteiger partial charge in [-0.3, -0.25) is 4.90 Å². The molecule has 1 aliphatic rings. The van der Waals surface area contributed by atoms with Crippen molar-refractivity contribution in [2.45, 2.75) is 45.6 Å². The smallest absolute Gasteiger partial charge is 0.410 e. The molecule has 1 amide bonds. The van der Waals surface area contributed by atoms with E-state index in [0.29, 0.717) is 18.7 Å². The van der Waals surface area contributed by atoms with Crippen LogP contribution in [0.2, 0.25) is 19.6 Å². The van der Waals surface area contributed by atoms with Gasteiger partial charge in [0, 0.05) is 13.0 Å². The Balaban J connectivity index is 2.10. The van der Waals surface area contributed by atoms with Crippen LogP contribution in [-0.2, 0) is 11.3 Å². The van der Waals surface area contributed by atoms with Gasteiger partial charge in [0.1, 0.15) is 6.61 Å². The first-order chi connectivity index (χ1) is 11.3. The molecule has 0 radical (unpaired) electrons. The monoisotopic (exact) mass is 346 g/mol. The number of piperidine rings is 1. The third-order valence-electron chi connectivity index (χ3n) is 3.94. The Morgan fingerprint density at radius 2 is 2.04 bits per heavy atom. The number of amides is 1. The van der Waals surface area contributed by atoms with E-state index in [4.69, 9.17) is 4.74 Å². The molecule has 0 aromatic heterocycles. The third-order valence-corrected chi connectivity index (χ3v) is 5.21. The zero-order valence-corrected chi connectivity index (χ0v) is 15.8. The van der Waals surface area contributed by atoms with Crippen LogP contribution in [0, 0.1) is 0 Å². The minimum Gasteiger partial charge on any atom is -0.445 e. The van der Waals surface area contributed by atoms with Crippen molar-refractivity contribution in [2.75, 3.05) is 6.54 Å². The van der Waals surface area contributed by atoms with Crippen molar-refractivity contribution >= 4 is 19.9 Å². The highest BCUT2D eigenvalue weighted by Gasteiger charge is 2.32. The quantitative estimate of drug-likeness (QED) is 0.510. The normalized spacial score (nSPS) is 22.0. The zero-order valence-electron chi connectivity index (χ0n) is 14.8. The molecule has 1 atom stereocenters. The maximum atomic E-state index is 12.5. The van der Waals surface area contributed by atoms with Crippen molar-refractivity contribution in [3.05, 3.63) is 47.2 Å². The molecule has 1 saturated heterocycles. The van der Waals surface area contributed by atoms with Gasteiger partial charge in [0.2, 0.25) is 0 Å². The first-order valence-electron chi connectivity index (χ1n) is 8.19. The maximum Gasteiger partial charge on any atom is 0.410 e. The lowest BCUT2D eigenvalue weighted by Gasteiger charge is -2.35. The predicted molar refractivity (Wildman–Crippen MR) is 98.1 cm³/mol. The SMILES string of the molecule is CC1/C(=N\O)C/C(=C\[Si](C)(C)C)CN1C(=O)OCc1ccccc1. The van der Waals surface area contributed by atoms with Crippen molar-refractivity contribution in [2.24, 2.45) is 5.16 Å². The van der Waals surface area contributed by atoms with Crippen LogP contribution in [-0.4, -0.2) is 42.6 Å². The van der Waals surface area contributed by atoms with Crippen LogP contribution >= 0.6 is 0 Å². The van der Waals surface area contributed by atoms with Crippen molar-refractivity contribution in [3.63, 3.8) is 0 Å². The summed E-state index contributed by atoms with van der Waals surface area (Å²) in [7, 11) is -1.42. The third kappa shape index (κ3) is 4.96. The molecular weight excluding hydrogens is 320 g/mol. The van der Waals surface area contributed by atoms with Gasteiger partial charge in [0.25, 0.3) is 0 Å². The summed E-state index contributed by atoms with van der Waals surface area (Å²) in [6.07, 6.45) is 0.235. The lowest BCUT2D eigenvalue weighted by Crippen LogP contribution is -2.48. The highest BCUT2D eigenvalue weighted by molar-refractivity contribution is 6.81. The number of oxime groups is 1. The molecule has 1 aromatic carbocycles. The Kier molecular flexibility index (Phi) is 5.83. The molecule has 1 heterocycles. The van der Waals surface area contributed by atoms with Gasteiger partial charge < -0.3 is 9.94 Å². The highest BCUT2D eigenvalue weighted by atomic mass is 28.3. The average Bonchev–Trinajstić information content (AvgIpc) is 2.53. The fourth-order valence-electron chi connectivity index (χ4n) is 2.82. The fraction of sp³-hybridized carbons (Fsp3) is 0.444. The second-order valence-electron chi connectivity index (χ2n) is 7.28. The number of hydrogen-bond donors (Lipinski definition) is 1. The van der Waals surface area contributed by atoms with Gasteiger partial charge in [-0.05, 0) is 12.5 Å². The summed E-state index contributed by atoms with van der Waals surface area (Å²) >= 11 is 0. The summed E-state index contributed by atoms with van der Waals surface area (Å²) in [6.45, 7) is 9.35. The predicted octanol–water partition coefficient (Wildman–Crippen LogP) is 4.05. The van der Waals surface area contributed by atoms with Gasteiger partial charge in [0.05, 0.1) is 19.8 Å². The van der Waals surface area contributed by atoms with Crippen LogP contribution in [0.4, 0.5) is 4.79 Å². The van der Waals surface area contributed by atoms with Crippen LogP contribution in [0.5, 0.6) is 0 Å². The zero-order chi connectivity index (χ0) is 17.7. The topological polar surface area (TPSA) is 62.1 Å². The van der Waals surface area contributed by atoms with Gasteiger partial charge in [-0.1, -0.05) is 66.4 Å². The number of rotatable bonds is 3. The molecule has 0 saturated carbocycles. The Hall–Kier alpha value is -2.08. The number of carbonyl (C=O) groups excluding carboxylic acids is 1. The molecule has 1 unspecified atom stereocenters. The number of ether oxygens (including phenoxy) is 1. The van der Waals surface area contributed by atoms with E-state index in [1.807, 2.05) is 37.3 Å². The lowest BCUT2D eigenvalue weighted by atomic mass is 9.98. The van der Waals surface area contributed by atoms with E-state index in [2.05, 4.69) is 30.5 Å². The van der Waals surface area contributed by atoms with E-state index in [-0.39, 0.29) is 18.7 Å².